The quantitative estimate of drug-likeness (QED) is 0.661. The molecule has 0 unspecified atom stereocenters. The Hall–Kier alpha value is -1.85. The maximum absolute atomic E-state index is 12.9. The summed E-state index contributed by atoms with van der Waals surface area (Å²) in [5.41, 5.74) is 3.30. The highest BCUT2D eigenvalue weighted by Crippen LogP contribution is 2.21. The number of aromatic nitrogens is 1. The lowest BCUT2D eigenvalue weighted by atomic mass is 10.3. The molecule has 94 valence electrons. The van der Waals surface area contributed by atoms with Crippen molar-refractivity contribution in [2.24, 2.45) is 5.84 Å². The van der Waals surface area contributed by atoms with Gasteiger partial charge >= 0.3 is 0 Å². The van der Waals surface area contributed by atoms with Gasteiger partial charge in [0.05, 0.1) is 5.02 Å². The average Bonchev–Trinajstić information content (AvgIpc) is 2.41. The first-order valence-corrected chi connectivity index (χ1v) is 5.56. The molecule has 4 nitrogen and oxygen atoms in total. The molecule has 0 aliphatic carbocycles. The molecular weight excluding hydrogens is 257 g/mol. The minimum Gasteiger partial charge on any atom is -0.489 e. The second-order valence-electron chi connectivity index (χ2n) is 3.56. The van der Waals surface area contributed by atoms with Crippen LogP contribution in [0.15, 0.2) is 36.5 Å². The van der Waals surface area contributed by atoms with Crippen molar-refractivity contribution in [2.45, 2.75) is 6.61 Å². The van der Waals surface area contributed by atoms with E-state index in [0.29, 0.717) is 18.2 Å². The predicted octanol–water partition coefficient (Wildman–Crippen LogP) is 2.74. The average molecular weight is 268 g/mol. The van der Waals surface area contributed by atoms with Crippen molar-refractivity contribution in [3.05, 3.63) is 52.9 Å². The number of ether oxygens (including phenoxy) is 1. The van der Waals surface area contributed by atoms with Gasteiger partial charge in [-0.25, -0.2) is 15.2 Å². The first kappa shape index (κ1) is 12.6. The molecule has 0 radical (unpaired) electrons. The number of nitrogens with two attached hydrogens (primary N) is 1. The standard InChI is InChI=1S/C12H11ClFN3O/c13-10-5-9(2-3-11(10)14)18-7-8-1-4-12(17-15)16-6-8/h1-6H,7,15H2,(H,16,17). The molecule has 0 spiro atoms. The number of hydrazine groups is 1. The lowest BCUT2D eigenvalue weighted by Crippen LogP contribution is -2.08. The molecular formula is C12H11ClFN3O. The van der Waals surface area contributed by atoms with Gasteiger partial charge in [0, 0.05) is 17.8 Å². The summed E-state index contributed by atoms with van der Waals surface area (Å²) in [5.74, 6) is 5.81. The lowest BCUT2D eigenvalue weighted by Gasteiger charge is -2.07. The molecule has 0 bridgehead atoms. The van der Waals surface area contributed by atoms with Gasteiger partial charge in [0.15, 0.2) is 0 Å². The zero-order valence-corrected chi connectivity index (χ0v) is 10.1. The summed E-state index contributed by atoms with van der Waals surface area (Å²) >= 11 is 5.65. The number of nitrogens with zero attached hydrogens (tertiary/aromatic N) is 1. The van der Waals surface area contributed by atoms with E-state index in [-0.39, 0.29) is 5.02 Å². The number of pyridine rings is 1. The Morgan fingerprint density at radius 3 is 2.78 bits per heavy atom. The summed E-state index contributed by atoms with van der Waals surface area (Å²) in [4.78, 5) is 4.04. The lowest BCUT2D eigenvalue weighted by molar-refractivity contribution is 0.305. The van der Waals surface area contributed by atoms with E-state index >= 15 is 0 Å². The highest BCUT2D eigenvalue weighted by molar-refractivity contribution is 6.30. The van der Waals surface area contributed by atoms with Crippen molar-refractivity contribution in [1.29, 1.82) is 0 Å². The minimum absolute atomic E-state index is 0.0355. The van der Waals surface area contributed by atoms with Gasteiger partial charge in [-0.15, -0.1) is 0 Å². The predicted molar refractivity (Wildman–Crippen MR) is 67.8 cm³/mol. The summed E-state index contributed by atoms with van der Waals surface area (Å²) in [6.07, 6.45) is 1.64. The minimum atomic E-state index is -0.468. The fourth-order valence-corrected chi connectivity index (χ4v) is 1.50. The van der Waals surface area contributed by atoms with E-state index in [0.717, 1.165) is 5.56 Å². The van der Waals surface area contributed by atoms with Gasteiger partial charge in [0.1, 0.15) is 24.0 Å². The van der Waals surface area contributed by atoms with Gasteiger partial charge < -0.3 is 10.2 Å². The summed E-state index contributed by atoms with van der Waals surface area (Å²) in [5, 5.41) is 0.0355. The third-order valence-corrected chi connectivity index (χ3v) is 2.56. The highest BCUT2D eigenvalue weighted by atomic mass is 35.5. The number of nitrogens with one attached hydrogen (secondary N) is 1. The maximum Gasteiger partial charge on any atom is 0.142 e. The molecule has 1 heterocycles. The van der Waals surface area contributed by atoms with Crippen LogP contribution in [0.25, 0.3) is 0 Å². The van der Waals surface area contributed by atoms with Crippen molar-refractivity contribution in [2.75, 3.05) is 5.43 Å². The molecule has 2 rings (SSSR count). The molecule has 18 heavy (non-hydrogen) atoms. The molecule has 0 aliphatic heterocycles. The van der Waals surface area contributed by atoms with E-state index in [9.17, 15) is 4.39 Å². The number of benzene rings is 1. The smallest absolute Gasteiger partial charge is 0.142 e. The number of rotatable bonds is 4. The van der Waals surface area contributed by atoms with E-state index in [2.05, 4.69) is 10.4 Å². The molecule has 1 aromatic heterocycles. The second-order valence-corrected chi connectivity index (χ2v) is 3.97. The normalized spacial score (nSPS) is 10.2. The van der Waals surface area contributed by atoms with Crippen LogP contribution in [-0.4, -0.2) is 4.98 Å². The molecule has 0 atom stereocenters. The Balaban J connectivity index is 1.99. The van der Waals surface area contributed by atoms with Gasteiger partial charge in [0.25, 0.3) is 0 Å². The van der Waals surface area contributed by atoms with Crippen molar-refractivity contribution in [3.8, 4) is 5.75 Å². The van der Waals surface area contributed by atoms with Crippen LogP contribution in [0.4, 0.5) is 10.2 Å². The van der Waals surface area contributed by atoms with Crippen LogP contribution < -0.4 is 16.0 Å². The molecule has 0 aliphatic rings. The SMILES string of the molecule is NNc1ccc(COc2ccc(F)c(Cl)c2)cn1. The van der Waals surface area contributed by atoms with Crippen LogP contribution in [0.3, 0.4) is 0 Å². The van der Waals surface area contributed by atoms with Crippen LogP contribution in [0.5, 0.6) is 5.75 Å². The summed E-state index contributed by atoms with van der Waals surface area (Å²) in [6.45, 7) is 0.319. The summed E-state index contributed by atoms with van der Waals surface area (Å²) < 4.78 is 18.4. The van der Waals surface area contributed by atoms with Crippen LogP contribution in [0, 0.1) is 5.82 Å². The summed E-state index contributed by atoms with van der Waals surface area (Å²) in [6, 6.07) is 7.77. The number of hydrogen-bond acceptors (Lipinski definition) is 4. The molecule has 3 N–H and O–H groups in total. The Morgan fingerprint density at radius 1 is 1.33 bits per heavy atom. The molecule has 0 fully saturated rings. The van der Waals surface area contributed by atoms with Gasteiger partial charge in [-0.1, -0.05) is 17.7 Å². The largest absolute Gasteiger partial charge is 0.489 e. The van der Waals surface area contributed by atoms with Crippen LogP contribution in [0.2, 0.25) is 5.02 Å². The molecule has 0 saturated carbocycles. The van der Waals surface area contributed by atoms with Crippen LogP contribution >= 0.6 is 11.6 Å². The van der Waals surface area contributed by atoms with Crippen LogP contribution in [0.1, 0.15) is 5.56 Å². The molecule has 0 saturated heterocycles. The zero-order chi connectivity index (χ0) is 13.0. The molecule has 6 heteroatoms. The molecule has 2 aromatic rings. The number of halogens is 2. The van der Waals surface area contributed by atoms with Crippen molar-refractivity contribution >= 4 is 17.4 Å². The van der Waals surface area contributed by atoms with Gasteiger partial charge in [-0.2, -0.15) is 0 Å². The topological polar surface area (TPSA) is 60.2 Å². The van der Waals surface area contributed by atoms with Crippen molar-refractivity contribution in [3.63, 3.8) is 0 Å². The number of nitrogen functional groups attached to an aromatic ring is 1. The summed E-state index contributed by atoms with van der Waals surface area (Å²) in [7, 11) is 0. The maximum atomic E-state index is 12.9. The third kappa shape index (κ3) is 3.09. The molecule has 1 aromatic carbocycles. The van der Waals surface area contributed by atoms with Crippen molar-refractivity contribution in [1.82, 2.24) is 4.98 Å². The van der Waals surface area contributed by atoms with E-state index in [1.807, 2.05) is 6.07 Å². The first-order valence-electron chi connectivity index (χ1n) is 5.18. The Morgan fingerprint density at radius 2 is 2.17 bits per heavy atom. The van der Waals surface area contributed by atoms with Gasteiger partial charge in [0.2, 0.25) is 0 Å². The Labute approximate surface area is 109 Å². The van der Waals surface area contributed by atoms with E-state index < -0.39 is 5.82 Å². The highest BCUT2D eigenvalue weighted by Gasteiger charge is 2.02. The van der Waals surface area contributed by atoms with E-state index in [1.54, 1.807) is 12.3 Å². The fourth-order valence-electron chi connectivity index (χ4n) is 1.33. The monoisotopic (exact) mass is 267 g/mol. The first-order chi connectivity index (χ1) is 8.69. The van der Waals surface area contributed by atoms with Crippen molar-refractivity contribution < 1.29 is 9.13 Å². The third-order valence-electron chi connectivity index (χ3n) is 2.27. The number of anilines is 1. The van der Waals surface area contributed by atoms with Gasteiger partial charge in [-0.3, -0.25) is 0 Å². The fraction of sp³-hybridized carbons (Fsp3) is 0.0833. The van der Waals surface area contributed by atoms with E-state index in [4.69, 9.17) is 22.2 Å². The van der Waals surface area contributed by atoms with Gasteiger partial charge in [-0.05, 0) is 18.2 Å². The Bertz CT molecular complexity index is 533. The zero-order valence-electron chi connectivity index (χ0n) is 9.36. The molecule has 0 amide bonds. The second kappa shape index (κ2) is 5.66. The van der Waals surface area contributed by atoms with E-state index in [1.165, 1.54) is 18.2 Å². The Kier molecular flexibility index (Phi) is 3.96. The number of hydrogen-bond donors (Lipinski definition) is 2. The van der Waals surface area contributed by atoms with Crippen LogP contribution in [-0.2, 0) is 6.61 Å².